The largest absolute Gasteiger partial charge is 0.351 e. The lowest BCUT2D eigenvalue weighted by molar-refractivity contribution is 0.0956. The molecule has 0 unspecified atom stereocenters. The minimum Gasteiger partial charge on any atom is -0.351 e. The molecule has 0 saturated carbocycles. The molecular weight excluding hydrogens is 404 g/mol. The van der Waals surface area contributed by atoms with Gasteiger partial charge in [-0.3, -0.25) is 9.10 Å². The molecule has 1 heterocycles. The van der Waals surface area contributed by atoms with E-state index in [2.05, 4.69) is 19.2 Å². The van der Waals surface area contributed by atoms with Crippen LogP contribution >= 0.6 is 11.3 Å². The van der Waals surface area contributed by atoms with E-state index in [1.807, 2.05) is 25.1 Å². The van der Waals surface area contributed by atoms with Gasteiger partial charge in [0.25, 0.3) is 15.9 Å². The van der Waals surface area contributed by atoms with Crippen LogP contribution in [-0.2, 0) is 10.0 Å². The predicted octanol–water partition coefficient (Wildman–Crippen LogP) is 4.81. The number of amides is 1. The Hall–Kier alpha value is -2.38. The number of hydrogen-bond donors (Lipinski definition) is 1. The van der Waals surface area contributed by atoms with Crippen molar-refractivity contribution in [3.05, 3.63) is 59.0 Å². The molecule has 2 aromatic carbocycles. The summed E-state index contributed by atoms with van der Waals surface area (Å²) in [7, 11) is -2.11. The molecule has 0 aliphatic rings. The van der Waals surface area contributed by atoms with Gasteiger partial charge in [0.2, 0.25) is 0 Å². The summed E-state index contributed by atoms with van der Waals surface area (Å²) < 4.78 is 28.1. The summed E-state index contributed by atoms with van der Waals surface area (Å²) in [4.78, 5) is 13.3. The van der Waals surface area contributed by atoms with E-state index in [1.165, 1.54) is 15.6 Å². The molecule has 0 spiro atoms. The van der Waals surface area contributed by atoms with Gasteiger partial charge in [-0.1, -0.05) is 31.5 Å². The van der Waals surface area contributed by atoms with Gasteiger partial charge in [0.15, 0.2) is 0 Å². The van der Waals surface area contributed by atoms with Crippen molar-refractivity contribution in [2.75, 3.05) is 17.9 Å². The van der Waals surface area contributed by atoms with Crippen LogP contribution in [0.25, 0.3) is 10.1 Å². The fourth-order valence-corrected chi connectivity index (χ4v) is 5.05. The van der Waals surface area contributed by atoms with Gasteiger partial charge in [-0.25, -0.2) is 8.42 Å². The predicted molar refractivity (Wildman–Crippen MR) is 120 cm³/mol. The standard InChI is InChI=1S/C22H26N2O3S2/c1-15(2)11-12-23-22(25)21-14-17-13-18(7-10-20(17)28-21)24(4)29(26,27)19-8-5-16(3)6-9-19/h5-10,13-15H,11-12H2,1-4H3,(H,23,25). The summed E-state index contributed by atoms with van der Waals surface area (Å²) in [5.74, 6) is 0.445. The van der Waals surface area contributed by atoms with Gasteiger partial charge in [0.1, 0.15) is 0 Å². The molecule has 5 nitrogen and oxygen atoms in total. The number of sulfonamides is 1. The number of hydrogen-bond acceptors (Lipinski definition) is 4. The Morgan fingerprint density at radius 1 is 1.10 bits per heavy atom. The van der Waals surface area contributed by atoms with Crippen LogP contribution in [0.5, 0.6) is 0 Å². The van der Waals surface area contributed by atoms with Gasteiger partial charge in [0.05, 0.1) is 15.5 Å². The highest BCUT2D eigenvalue weighted by Gasteiger charge is 2.21. The van der Waals surface area contributed by atoms with Crippen molar-refractivity contribution in [2.24, 2.45) is 5.92 Å². The van der Waals surface area contributed by atoms with E-state index < -0.39 is 10.0 Å². The SMILES string of the molecule is Cc1ccc(S(=O)(=O)N(C)c2ccc3sc(C(=O)NCCC(C)C)cc3c2)cc1. The molecule has 0 atom stereocenters. The molecule has 29 heavy (non-hydrogen) atoms. The number of thiophene rings is 1. The number of benzene rings is 2. The number of carbonyl (C=O) groups excluding carboxylic acids is 1. The molecule has 0 radical (unpaired) electrons. The molecular formula is C22H26N2O3S2. The smallest absolute Gasteiger partial charge is 0.264 e. The van der Waals surface area contributed by atoms with Crippen molar-refractivity contribution in [1.82, 2.24) is 5.32 Å². The molecule has 0 aliphatic heterocycles. The monoisotopic (exact) mass is 430 g/mol. The molecule has 1 amide bonds. The Labute approximate surface area is 176 Å². The van der Waals surface area contributed by atoms with Gasteiger partial charge in [-0.2, -0.15) is 0 Å². The highest BCUT2D eigenvalue weighted by atomic mass is 32.2. The molecule has 154 valence electrons. The van der Waals surface area contributed by atoms with Crippen LogP contribution in [-0.4, -0.2) is 27.9 Å². The van der Waals surface area contributed by atoms with Crippen LogP contribution in [0.15, 0.2) is 53.4 Å². The fourth-order valence-electron chi connectivity index (χ4n) is 2.91. The maximum absolute atomic E-state index is 12.9. The highest BCUT2D eigenvalue weighted by molar-refractivity contribution is 7.92. The Bertz CT molecular complexity index is 1120. The molecule has 0 saturated heterocycles. The average Bonchev–Trinajstić information content (AvgIpc) is 3.10. The zero-order valence-electron chi connectivity index (χ0n) is 17.1. The third-order valence-corrected chi connectivity index (χ3v) is 7.69. The zero-order valence-corrected chi connectivity index (χ0v) is 18.7. The van der Waals surface area contributed by atoms with Crippen LogP contribution in [0.1, 0.15) is 35.5 Å². The quantitative estimate of drug-likeness (QED) is 0.585. The maximum Gasteiger partial charge on any atom is 0.264 e. The van der Waals surface area contributed by atoms with Gasteiger partial charge in [-0.05, 0) is 61.0 Å². The molecule has 0 aliphatic carbocycles. The van der Waals surface area contributed by atoms with Gasteiger partial charge < -0.3 is 5.32 Å². The summed E-state index contributed by atoms with van der Waals surface area (Å²) in [6.07, 6.45) is 0.933. The van der Waals surface area contributed by atoms with Crippen LogP contribution < -0.4 is 9.62 Å². The maximum atomic E-state index is 12.9. The van der Waals surface area contributed by atoms with Crippen molar-refractivity contribution in [2.45, 2.75) is 32.1 Å². The van der Waals surface area contributed by atoms with Gasteiger partial charge in [0, 0.05) is 18.3 Å². The summed E-state index contributed by atoms with van der Waals surface area (Å²) in [5, 5.41) is 3.80. The molecule has 1 N–H and O–H groups in total. The van der Waals surface area contributed by atoms with Crippen LogP contribution in [0.3, 0.4) is 0 Å². The van der Waals surface area contributed by atoms with Gasteiger partial charge in [-0.15, -0.1) is 11.3 Å². The lowest BCUT2D eigenvalue weighted by Gasteiger charge is -2.19. The second-order valence-corrected chi connectivity index (χ2v) is 10.6. The van der Waals surface area contributed by atoms with Crippen molar-refractivity contribution in [3.63, 3.8) is 0 Å². The lowest BCUT2D eigenvalue weighted by Crippen LogP contribution is -2.26. The van der Waals surface area contributed by atoms with E-state index in [4.69, 9.17) is 0 Å². The first-order valence-electron chi connectivity index (χ1n) is 9.56. The van der Waals surface area contributed by atoms with E-state index in [0.29, 0.717) is 23.0 Å². The first-order valence-corrected chi connectivity index (χ1v) is 11.8. The number of fused-ring (bicyclic) bond motifs is 1. The number of aryl methyl sites for hydroxylation is 1. The molecule has 3 aromatic rings. The summed E-state index contributed by atoms with van der Waals surface area (Å²) in [6, 6.07) is 14.1. The normalized spacial score (nSPS) is 11.8. The Balaban J connectivity index is 1.83. The van der Waals surface area contributed by atoms with E-state index >= 15 is 0 Å². The number of nitrogens with zero attached hydrogens (tertiary/aromatic N) is 1. The Kier molecular flexibility index (Phi) is 6.29. The van der Waals surface area contributed by atoms with E-state index in [-0.39, 0.29) is 10.8 Å². The van der Waals surface area contributed by atoms with E-state index in [0.717, 1.165) is 22.1 Å². The number of anilines is 1. The molecule has 1 aromatic heterocycles. The first-order chi connectivity index (χ1) is 13.7. The highest BCUT2D eigenvalue weighted by Crippen LogP contribution is 2.31. The van der Waals surface area contributed by atoms with Gasteiger partial charge >= 0.3 is 0 Å². The van der Waals surface area contributed by atoms with Crippen LogP contribution in [0.4, 0.5) is 5.69 Å². The minimum absolute atomic E-state index is 0.0889. The Morgan fingerprint density at radius 2 is 1.79 bits per heavy atom. The third-order valence-electron chi connectivity index (χ3n) is 4.77. The number of carbonyl (C=O) groups is 1. The average molecular weight is 431 g/mol. The Morgan fingerprint density at radius 3 is 2.45 bits per heavy atom. The van der Waals surface area contributed by atoms with Crippen molar-refractivity contribution in [1.29, 1.82) is 0 Å². The number of rotatable bonds is 7. The second-order valence-electron chi connectivity index (χ2n) is 7.56. The van der Waals surface area contributed by atoms with Crippen molar-refractivity contribution < 1.29 is 13.2 Å². The minimum atomic E-state index is -3.65. The second kappa shape index (κ2) is 8.55. The topological polar surface area (TPSA) is 66.5 Å². The van der Waals surface area contributed by atoms with Crippen LogP contribution in [0.2, 0.25) is 0 Å². The fraction of sp³-hybridized carbons (Fsp3) is 0.318. The van der Waals surface area contributed by atoms with Crippen LogP contribution in [0, 0.1) is 12.8 Å². The molecule has 0 fully saturated rings. The number of nitrogens with one attached hydrogen (secondary N) is 1. The zero-order chi connectivity index (χ0) is 21.2. The first kappa shape index (κ1) is 21.3. The summed E-state index contributed by atoms with van der Waals surface area (Å²) in [6.45, 7) is 6.80. The van der Waals surface area contributed by atoms with E-state index in [1.54, 1.807) is 37.4 Å². The van der Waals surface area contributed by atoms with E-state index in [9.17, 15) is 13.2 Å². The third kappa shape index (κ3) is 4.79. The molecule has 3 rings (SSSR count). The van der Waals surface area contributed by atoms with Crippen molar-refractivity contribution >= 4 is 43.0 Å². The molecule has 0 bridgehead atoms. The lowest BCUT2D eigenvalue weighted by atomic mass is 10.1. The summed E-state index contributed by atoms with van der Waals surface area (Å²) in [5.41, 5.74) is 1.56. The molecule has 7 heteroatoms. The van der Waals surface area contributed by atoms with Crippen molar-refractivity contribution in [3.8, 4) is 0 Å². The summed E-state index contributed by atoms with van der Waals surface area (Å²) >= 11 is 1.41.